The quantitative estimate of drug-likeness (QED) is 0.286. The third-order valence-electron chi connectivity index (χ3n) is 8.72. The molecule has 1 saturated carbocycles. The molecule has 0 spiro atoms. The number of rotatable bonds is 6. The Bertz CT molecular complexity index is 1700. The summed E-state index contributed by atoms with van der Waals surface area (Å²) in [4.78, 5) is 27.0. The van der Waals surface area contributed by atoms with E-state index in [9.17, 15) is 4.79 Å². The van der Waals surface area contributed by atoms with Gasteiger partial charge in [-0.15, -0.1) is 0 Å². The molecule has 0 radical (unpaired) electrons. The molecule has 41 heavy (non-hydrogen) atoms. The summed E-state index contributed by atoms with van der Waals surface area (Å²) in [5.74, 6) is 2.45. The van der Waals surface area contributed by atoms with E-state index in [1.54, 1.807) is 6.20 Å². The zero-order valence-electron chi connectivity index (χ0n) is 23.0. The van der Waals surface area contributed by atoms with Crippen molar-refractivity contribution in [1.82, 2.24) is 24.7 Å². The molecule has 1 saturated heterocycles. The van der Waals surface area contributed by atoms with E-state index < -0.39 is 0 Å². The highest BCUT2D eigenvalue weighted by Crippen LogP contribution is 2.39. The van der Waals surface area contributed by atoms with Crippen LogP contribution in [0.2, 0.25) is 0 Å². The number of ether oxygens (including phenoxy) is 1. The van der Waals surface area contributed by atoms with Crippen LogP contribution in [0.15, 0.2) is 73.1 Å². The van der Waals surface area contributed by atoms with Crippen LogP contribution in [0.25, 0.3) is 38.9 Å². The van der Waals surface area contributed by atoms with Crippen LogP contribution in [0.5, 0.6) is 0 Å². The van der Waals surface area contributed by atoms with Crippen LogP contribution in [0.4, 0.5) is 5.82 Å². The van der Waals surface area contributed by atoms with Crippen LogP contribution in [-0.4, -0.2) is 45.0 Å². The van der Waals surface area contributed by atoms with Crippen LogP contribution in [0.3, 0.4) is 0 Å². The van der Waals surface area contributed by atoms with E-state index in [1.165, 1.54) is 0 Å². The molecule has 1 amide bonds. The molecule has 3 N–H and O–H groups in total. The number of hydrogen-bond donors (Lipinski definition) is 2. The monoisotopic (exact) mass is 546 g/mol. The molecule has 1 atom stereocenters. The summed E-state index contributed by atoms with van der Waals surface area (Å²) in [6.07, 6.45) is 8.70. The predicted octanol–water partition coefficient (Wildman–Crippen LogP) is 5.62. The molecule has 5 aromatic rings. The summed E-state index contributed by atoms with van der Waals surface area (Å²) in [6.45, 7) is 1.98. The van der Waals surface area contributed by atoms with Gasteiger partial charge in [-0.25, -0.2) is 15.0 Å². The number of nitrogen functional groups attached to an aromatic ring is 1. The molecule has 208 valence electrons. The van der Waals surface area contributed by atoms with E-state index >= 15 is 0 Å². The minimum atomic E-state index is 0.00958. The highest BCUT2D eigenvalue weighted by molar-refractivity contribution is 5.91. The van der Waals surface area contributed by atoms with Crippen molar-refractivity contribution in [3.05, 3.63) is 78.9 Å². The minimum Gasteiger partial charge on any atom is -0.382 e. The number of amides is 1. The number of nitrogens with two attached hydrogens (primary N) is 1. The number of imidazole rings is 1. The fourth-order valence-corrected chi connectivity index (χ4v) is 6.37. The van der Waals surface area contributed by atoms with E-state index in [2.05, 4.69) is 57.2 Å². The lowest BCUT2D eigenvalue weighted by Gasteiger charge is -2.28. The summed E-state index contributed by atoms with van der Waals surface area (Å²) >= 11 is 0. The number of carbonyl (C=O) groups excluding carboxylic acids is 1. The maximum Gasteiger partial charge on any atom is 0.225 e. The molecule has 8 heteroatoms. The van der Waals surface area contributed by atoms with Gasteiger partial charge in [0.1, 0.15) is 22.9 Å². The van der Waals surface area contributed by atoms with Crippen LogP contribution in [-0.2, 0) is 9.53 Å². The Morgan fingerprint density at radius 3 is 2.61 bits per heavy atom. The lowest BCUT2D eigenvalue weighted by molar-refractivity contribution is -0.125. The number of pyridine rings is 1. The number of aromatic nitrogens is 4. The van der Waals surface area contributed by atoms with Crippen molar-refractivity contribution in [2.24, 2.45) is 11.8 Å². The lowest BCUT2D eigenvalue weighted by atomic mass is 9.81. The number of benzene rings is 2. The second kappa shape index (κ2) is 10.9. The summed E-state index contributed by atoms with van der Waals surface area (Å²) in [7, 11) is 0. The number of hydrogen-bond acceptors (Lipinski definition) is 6. The Balaban J connectivity index is 1.15. The van der Waals surface area contributed by atoms with Gasteiger partial charge in [0, 0.05) is 48.0 Å². The highest BCUT2D eigenvalue weighted by Gasteiger charge is 2.29. The van der Waals surface area contributed by atoms with Crippen molar-refractivity contribution in [3.63, 3.8) is 0 Å². The van der Waals surface area contributed by atoms with E-state index in [0.717, 1.165) is 83.4 Å². The van der Waals surface area contributed by atoms with Gasteiger partial charge in [0.25, 0.3) is 0 Å². The lowest BCUT2D eigenvalue weighted by Crippen LogP contribution is -2.35. The number of anilines is 1. The molecule has 2 fully saturated rings. The SMILES string of the molecule is Nc1nccn2c1c(-c1ccc3ccc(-c4ccccc4)nc3c1)nc2[C@H]1CC[C@H](CNC(=O)C2CCOC2)CC1. The Labute approximate surface area is 239 Å². The summed E-state index contributed by atoms with van der Waals surface area (Å²) in [5.41, 5.74) is 12.1. The molecule has 2 aromatic carbocycles. The third kappa shape index (κ3) is 5.04. The van der Waals surface area contributed by atoms with Gasteiger partial charge in [0.2, 0.25) is 5.91 Å². The Kier molecular flexibility index (Phi) is 6.84. The zero-order valence-corrected chi connectivity index (χ0v) is 23.0. The van der Waals surface area contributed by atoms with Crippen LogP contribution < -0.4 is 11.1 Å². The van der Waals surface area contributed by atoms with Gasteiger partial charge in [0.05, 0.1) is 23.7 Å². The molecule has 3 aromatic heterocycles. The minimum absolute atomic E-state index is 0.00958. The Hall–Kier alpha value is -4.30. The number of nitrogens with one attached hydrogen (secondary N) is 1. The summed E-state index contributed by atoms with van der Waals surface area (Å²) in [6, 6.07) is 20.7. The van der Waals surface area contributed by atoms with Gasteiger partial charge in [-0.2, -0.15) is 0 Å². The third-order valence-corrected chi connectivity index (χ3v) is 8.72. The zero-order chi connectivity index (χ0) is 27.8. The van der Waals surface area contributed by atoms with Crippen molar-refractivity contribution in [3.8, 4) is 22.5 Å². The van der Waals surface area contributed by atoms with Crippen molar-refractivity contribution < 1.29 is 9.53 Å². The first-order valence-corrected chi connectivity index (χ1v) is 14.6. The van der Waals surface area contributed by atoms with Crippen LogP contribution in [0.1, 0.15) is 43.8 Å². The molecule has 1 aliphatic carbocycles. The molecule has 1 aliphatic heterocycles. The van der Waals surface area contributed by atoms with Gasteiger partial charge in [-0.05, 0) is 50.2 Å². The van der Waals surface area contributed by atoms with Crippen molar-refractivity contribution >= 4 is 28.1 Å². The van der Waals surface area contributed by atoms with Gasteiger partial charge >= 0.3 is 0 Å². The van der Waals surface area contributed by atoms with Crippen LogP contribution >= 0.6 is 0 Å². The van der Waals surface area contributed by atoms with Gasteiger partial charge < -0.3 is 15.8 Å². The van der Waals surface area contributed by atoms with Gasteiger partial charge in [-0.1, -0.05) is 48.5 Å². The van der Waals surface area contributed by atoms with Crippen molar-refractivity contribution in [1.29, 1.82) is 0 Å². The smallest absolute Gasteiger partial charge is 0.225 e. The average molecular weight is 547 g/mol. The maximum absolute atomic E-state index is 12.4. The topological polar surface area (TPSA) is 107 Å². The second-order valence-corrected chi connectivity index (χ2v) is 11.3. The normalized spacial score (nSPS) is 20.9. The number of carbonyl (C=O) groups is 1. The van der Waals surface area contributed by atoms with E-state index in [1.807, 2.05) is 24.4 Å². The van der Waals surface area contributed by atoms with Crippen LogP contribution in [0, 0.1) is 11.8 Å². The molecule has 4 heterocycles. The first-order valence-electron chi connectivity index (χ1n) is 14.6. The standard InChI is InChI=1S/C33H34N6O2/c34-31-30-29(25-11-10-23-12-13-27(37-28(23)18-25)22-4-2-1-3-5-22)38-32(39(30)16-15-35-31)24-8-6-21(7-9-24)19-36-33(40)26-14-17-41-20-26/h1-5,10-13,15-16,18,21,24,26H,6-9,14,17,19-20H2,(H2,34,35)(H,36,40)/t21-,24-,26?. The number of nitrogens with zero attached hydrogens (tertiary/aromatic N) is 4. The largest absolute Gasteiger partial charge is 0.382 e. The van der Waals surface area contributed by atoms with E-state index in [0.29, 0.717) is 30.9 Å². The summed E-state index contributed by atoms with van der Waals surface area (Å²) in [5, 5.41) is 4.25. The van der Waals surface area contributed by atoms with E-state index in [4.69, 9.17) is 20.4 Å². The Morgan fingerprint density at radius 2 is 1.80 bits per heavy atom. The second-order valence-electron chi connectivity index (χ2n) is 11.3. The maximum atomic E-state index is 12.4. The molecule has 7 rings (SSSR count). The molecular weight excluding hydrogens is 512 g/mol. The first kappa shape index (κ1) is 25.7. The molecule has 8 nitrogen and oxygen atoms in total. The first-order chi connectivity index (χ1) is 20.1. The van der Waals surface area contributed by atoms with Crippen molar-refractivity contribution in [2.75, 3.05) is 25.5 Å². The highest BCUT2D eigenvalue weighted by atomic mass is 16.5. The van der Waals surface area contributed by atoms with Gasteiger partial charge in [0.15, 0.2) is 0 Å². The molecule has 0 bridgehead atoms. The number of fused-ring (bicyclic) bond motifs is 2. The fraction of sp³-hybridized carbons (Fsp3) is 0.333. The molecular formula is C33H34N6O2. The molecule has 2 aliphatic rings. The molecule has 1 unspecified atom stereocenters. The predicted molar refractivity (Wildman–Crippen MR) is 160 cm³/mol. The fourth-order valence-electron chi connectivity index (χ4n) is 6.37. The van der Waals surface area contributed by atoms with E-state index in [-0.39, 0.29) is 11.8 Å². The Morgan fingerprint density at radius 1 is 0.976 bits per heavy atom. The van der Waals surface area contributed by atoms with Gasteiger partial charge in [-0.3, -0.25) is 9.20 Å². The van der Waals surface area contributed by atoms with Crippen molar-refractivity contribution in [2.45, 2.75) is 38.0 Å². The average Bonchev–Trinajstić information content (AvgIpc) is 3.70. The summed E-state index contributed by atoms with van der Waals surface area (Å²) < 4.78 is 7.50.